The number of ether oxygens (including phenoxy) is 1. The number of esters is 1. The van der Waals surface area contributed by atoms with Gasteiger partial charge in [-0.2, -0.15) is 0 Å². The molecular weight excluding hydrogens is 158 g/mol. The summed E-state index contributed by atoms with van der Waals surface area (Å²) < 4.78 is 4.70. The second kappa shape index (κ2) is 3.13. The summed E-state index contributed by atoms with van der Waals surface area (Å²) in [5.41, 5.74) is 5.48. The number of hydrogen-bond acceptors (Lipinski definition) is 4. The second-order valence-corrected chi connectivity index (χ2v) is 2.28. The van der Waals surface area contributed by atoms with E-state index < -0.39 is 5.97 Å². The highest BCUT2D eigenvalue weighted by Crippen LogP contribution is 2.29. The Balaban J connectivity index is 3.00. The fourth-order valence-electron chi connectivity index (χ4n) is 0.776. The molecule has 4 heteroatoms. The van der Waals surface area contributed by atoms with Crippen LogP contribution in [0.4, 0.5) is 5.69 Å². The number of carbonyl (C=O) groups is 1. The average molecular weight is 167 g/mol. The Labute approximate surface area is 69.6 Å². The van der Waals surface area contributed by atoms with Gasteiger partial charge >= 0.3 is 5.97 Å². The van der Waals surface area contributed by atoms with Crippen LogP contribution in [0.15, 0.2) is 18.2 Å². The Kier molecular flexibility index (Phi) is 2.19. The number of benzene rings is 1. The number of aromatic hydroxyl groups is 1. The van der Waals surface area contributed by atoms with Gasteiger partial charge in [0.25, 0.3) is 0 Å². The molecule has 0 aromatic heterocycles. The van der Waals surface area contributed by atoms with Crippen molar-refractivity contribution < 1.29 is 14.6 Å². The minimum Gasteiger partial charge on any atom is -0.506 e. The summed E-state index contributed by atoms with van der Waals surface area (Å²) in [4.78, 5) is 10.5. The number of nitrogens with two attached hydrogens (primary N) is 1. The molecule has 64 valence electrons. The van der Waals surface area contributed by atoms with E-state index in [4.69, 9.17) is 15.6 Å². The van der Waals surface area contributed by atoms with Crippen LogP contribution < -0.4 is 10.5 Å². The van der Waals surface area contributed by atoms with Crippen molar-refractivity contribution in [2.24, 2.45) is 0 Å². The third kappa shape index (κ3) is 1.66. The Bertz CT molecular complexity index is 309. The van der Waals surface area contributed by atoms with Crippen LogP contribution in [0.1, 0.15) is 6.92 Å². The second-order valence-electron chi connectivity index (χ2n) is 2.28. The number of carbonyl (C=O) groups excluding carboxylic acids is 1. The van der Waals surface area contributed by atoms with Crippen LogP contribution in [0.25, 0.3) is 0 Å². The lowest BCUT2D eigenvalue weighted by atomic mass is 10.3. The summed E-state index contributed by atoms with van der Waals surface area (Å²) in [6.45, 7) is 1.27. The van der Waals surface area contributed by atoms with Crippen LogP contribution in [0.2, 0.25) is 0 Å². The van der Waals surface area contributed by atoms with E-state index in [0.717, 1.165) is 0 Å². The monoisotopic (exact) mass is 167 g/mol. The maximum Gasteiger partial charge on any atom is 0.308 e. The lowest BCUT2D eigenvalue weighted by Gasteiger charge is -2.05. The van der Waals surface area contributed by atoms with Gasteiger partial charge in [-0.25, -0.2) is 0 Å². The van der Waals surface area contributed by atoms with Gasteiger partial charge in [-0.3, -0.25) is 4.79 Å². The molecule has 0 bridgehead atoms. The molecule has 0 aliphatic heterocycles. The largest absolute Gasteiger partial charge is 0.506 e. The van der Waals surface area contributed by atoms with E-state index in [1.54, 1.807) is 6.07 Å². The lowest BCUT2D eigenvalue weighted by Crippen LogP contribution is -2.03. The van der Waals surface area contributed by atoms with Crippen molar-refractivity contribution in [2.45, 2.75) is 6.92 Å². The first kappa shape index (κ1) is 8.39. The van der Waals surface area contributed by atoms with Gasteiger partial charge in [0.05, 0.1) is 0 Å². The number of hydrogen-bond donors (Lipinski definition) is 2. The average Bonchev–Trinajstić information content (AvgIpc) is 1.98. The molecule has 12 heavy (non-hydrogen) atoms. The number of rotatable bonds is 1. The molecule has 0 radical (unpaired) electrons. The summed E-state index contributed by atoms with van der Waals surface area (Å²) in [7, 11) is 0. The molecule has 0 fully saturated rings. The van der Waals surface area contributed by atoms with Crippen molar-refractivity contribution in [2.75, 3.05) is 5.73 Å². The lowest BCUT2D eigenvalue weighted by molar-refractivity contribution is -0.131. The van der Waals surface area contributed by atoms with Gasteiger partial charge < -0.3 is 15.6 Å². The third-order valence-electron chi connectivity index (χ3n) is 1.30. The van der Waals surface area contributed by atoms with Crippen LogP contribution in [-0.4, -0.2) is 11.1 Å². The van der Waals surface area contributed by atoms with Crippen molar-refractivity contribution in [3.63, 3.8) is 0 Å². The maximum absolute atomic E-state index is 10.5. The van der Waals surface area contributed by atoms with E-state index in [0.29, 0.717) is 0 Å². The van der Waals surface area contributed by atoms with Crippen molar-refractivity contribution in [1.82, 2.24) is 0 Å². The molecule has 0 atom stereocenters. The summed E-state index contributed by atoms with van der Waals surface area (Å²) in [5.74, 6) is -0.372. The van der Waals surface area contributed by atoms with Crippen LogP contribution in [0, 0.1) is 0 Å². The van der Waals surface area contributed by atoms with Crippen molar-refractivity contribution in [1.29, 1.82) is 0 Å². The summed E-state index contributed by atoms with van der Waals surface area (Å²) >= 11 is 0. The quantitative estimate of drug-likeness (QED) is 0.282. The molecule has 0 aliphatic carbocycles. The van der Waals surface area contributed by atoms with Crippen molar-refractivity contribution in [3.05, 3.63) is 18.2 Å². The predicted octanol–water partition coefficient (Wildman–Crippen LogP) is 0.900. The van der Waals surface area contributed by atoms with E-state index in [9.17, 15) is 4.79 Å². The summed E-state index contributed by atoms with van der Waals surface area (Å²) in [6.07, 6.45) is 0. The van der Waals surface area contributed by atoms with Gasteiger partial charge in [0, 0.05) is 6.92 Å². The van der Waals surface area contributed by atoms with E-state index in [2.05, 4.69) is 0 Å². The molecule has 1 aromatic carbocycles. The summed E-state index contributed by atoms with van der Waals surface area (Å²) in [5, 5.41) is 9.10. The number of phenols is 1. The smallest absolute Gasteiger partial charge is 0.308 e. The minimum absolute atomic E-state index is 0.0766. The molecule has 0 spiro atoms. The zero-order valence-electron chi connectivity index (χ0n) is 6.57. The molecule has 4 nitrogen and oxygen atoms in total. The molecule has 0 saturated heterocycles. The Morgan fingerprint density at radius 2 is 2.25 bits per heavy atom. The fraction of sp³-hybridized carbons (Fsp3) is 0.125. The molecule has 0 unspecified atom stereocenters. The van der Waals surface area contributed by atoms with Gasteiger partial charge in [0.2, 0.25) is 0 Å². The summed E-state index contributed by atoms with van der Waals surface area (Å²) in [6, 6.07) is 4.47. The van der Waals surface area contributed by atoms with E-state index in [-0.39, 0.29) is 17.2 Å². The first-order chi connectivity index (χ1) is 5.61. The van der Waals surface area contributed by atoms with Gasteiger partial charge in [-0.1, -0.05) is 6.07 Å². The zero-order valence-corrected chi connectivity index (χ0v) is 6.57. The molecule has 1 aromatic rings. The van der Waals surface area contributed by atoms with Crippen LogP contribution >= 0.6 is 0 Å². The zero-order chi connectivity index (χ0) is 9.14. The van der Waals surface area contributed by atoms with Crippen LogP contribution in [-0.2, 0) is 4.79 Å². The maximum atomic E-state index is 10.5. The standard InChI is InChI=1S/C8H9NO3/c1-5(10)12-7-4-2-3-6(11)8(7)9/h2-4,11H,9H2,1H3. The number of anilines is 1. The number of nitrogen functional groups attached to an aromatic ring is 1. The first-order valence-electron chi connectivity index (χ1n) is 3.37. The first-order valence-corrected chi connectivity index (χ1v) is 3.37. The molecule has 0 aliphatic rings. The Morgan fingerprint density at radius 1 is 1.58 bits per heavy atom. The highest BCUT2D eigenvalue weighted by molar-refractivity contribution is 5.73. The predicted molar refractivity (Wildman–Crippen MR) is 43.8 cm³/mol. The number of phenolic OH excluding ortho intramolecular Hbond substituents is 1. The highest BCUT2D eigenvalue weighted by atomic mass is 16.5. The molecule has 0 saturated carbocycles. The van der Waals surface area contributed by atoms with Gasteiger partial charge in [-0.05, 0) is 12.1 Å². The highest BCUT2D eigenvalue weighted by Gasteiger charge is 2.05. The fourth-order valence-corrected chi connectivity index (χ4v) is 0.776. The third-order valence-corrected chi connectivity index (χ3v) is 1.30. The minimum atomic E-state index is -0.465. The van der Waals surface area contributed by atoms with Crippen LogP contribution in [0.5, 0.6) is 11.5 Å². The number of para-hydroxylation sites is 1. The molecular formula is C8H9NO3. The molecule has 3 N–H and O–H groups in total. The molecule has 0 heterocycles. The van der Waals surface area contributed by atoms with Gasteiger partial charge in [0.1, 0.15) is 11.4 Å². The Morgan fingerprint density at radius 3 is 2.83 bits per heavy atom. The van der Waals surface area contributed by atoms with Crippen molar-refractivity contribution in [3.8, 4) is 11.5 Å². The van der Waals surface area contributed by atoms with E-state index >= 15 is 0 Å². The van der Waals surface area contributed by atoms with Crippen molar-refractivity contribution >= 4 is 11.7 Å². The topological polar surface area (TPSA) is 72.5 Å². The van der Waals surface area contributed by atoms with Gasteiger partial charge in [0.15, 0.2) is 5.75 Å². The van der Waals surface area contributed by atoms with Crippen LogP contribution in [0.3, 0.4) is 0 Å². The SMILES string of the molecule is CC(=O)Oc1cccc(O)c1N. The van der Waals surface area contributed by atoms with E-state index in [1.807, 2.05) is 0 Å². The van der Waals surface area contributed by atoms with Gasteiger partial charge in [-0.15, -0.1) is 0 Å². The Hall–Kier alpha value is -1.71. The molecule has 1 rings (SSSR count). The molecule has 0 amide bonds. The normalized spacial score (nSPS) is 9.42. The van der Waals surface area contributed by atoms with E-state index in [1.165, 1.54) is 19.1 Å².